The summed E-state index contributed by atoms with van der Waals surface area (Å²) in [5.41, 5.74) is 1.72. The lowest BCUT2D eigenvalue weighted by atomic mass is 10.1. The van der Waals surface area contributed by atoms with E-state index in [1.165, 1.54) is 0 Å². The molecule has 0 amide bonds. The van der Waals surface area contributed by atoms with Crippen molar-refractivity contribution in [3.05, 3.63) is 49.1 Å². The average molecular weight is 384 g/mol. The molecule has 0 saturated heterocycles. The third-order valence-electron chi connectivity index (χ3n) is 1.94. The predicted octanol–water partition coefficient (Wildman–Crippen LogP) is 5.31. The first-order chi connectivity index (χ1) is 7.56. The predicted molar refractivity (Wildman–Crippen MR) is 77.4 cm³/mol. The normalized spacial score (nSPS) is 10.5. The molecule has 0 aliphatic carbocycles. The Balaban J connectivity index is 2.58. The second-order valence-corrected chi connectivity index (χ2v) is 5.61. The van der Waals surface area contributed by atoms with Crippen LogP contribution >= 0.6 is 57.4 Å². The summed E-state index contributed by atoms with van der Waals surface area (Å²) in [5, 5.41) is 1.80. The van der Waals surface area contributed by atoms with E-state index in [2.05, 4.69) is 27.6 Å². The Morgan fingerprint density at radius 3 is 2.06 bits per heavy atom. The van der Waals surface area contributed by atoms with Gasteiger partial charge < -0.3 is 0 Å². The molecule has 0 spiro atoms. The largest absolute Gasteiger partial charge is 0.254 e. The molecule has 5 heteroatoms. The summed E-state index contributed by atoms with van der Waals surface area (Å²) < 4.78 is 0.962. The van der Waals surface area contributed by atoms with Crippen molar-refractivity contribution >= 4 is 57.4 Å². The van der Waals surface area contributed by atoms with Crippen LogP contribution in [0.2, 0.25) is 15.1 Å². The summed E-state index contributed by atoms with van der Waals surface area (Å²) >= 11 is 19.9. The Morgan fingerprint density at radius 1 is 0.875 bits per heavy atom. The van der Waals surface area contributed by atoms with Gasteiger partial charge in [-0.25, -0.2) is 0 Å². The molecule has 1 aromatic heterocycles. The van der Waals surface area contributed by atoms with Crippen molar-refractivity contribution in [3.8, 4) is 11.3 Å². The van der Waals surface area contributed by atoms with Crippen LogP contribution in [0.1, 0.15) is 0 Å². The number of benzene rings is 1. The van der Waals surface area contributed by atoms with Crippen LogP contribution in [-0.4, -0.2) is 4.98 Å². The zero-order valence-corrected chi connectivity index (χ0v) is 12.3. The number of halogens is 4. The van der Waals surface area contributed by atoms with E-state index < -0.39 is 0 Å². The lowest BCUT2D eigenvalue weighted by Gasteiger charge is -2.05. The highest BCUT2D eigenvalue weighted by Crippen LogP contribution is 2.29. The van der Waals surface area contributed by atoms with E-state index in [4.69, 9.17) is 34.8 Å². The molecular weight excluding hydrogens is 379 g/mol. The molecular formula is C11H5Cl3IN. The van der Waals surface area contributed by atoms with E-state index in [1.807, 2.05) is 18.2 Å². The molecule has 0 atom stereocenters. The van der Waals surface area contributed by atoms with Gasteiger partial charge in [0.15, 0.2) is 0 Å². The van der Waals surface area contributed by atoms with Gasteiger partial charge in [-0.05, 0) is 46.9 Å². The van der Waals surface area contributed by atoms with E-state index in [-0.39, 0.29) is 0 Å². The van der Waals surface area contributed by atoms with Crippen molar-refractivity contribution < 1.29 is 0 Å². The summed E-state index contributed by atoms with van der Waals surface area (Å²) in [6, 6.07) is 7.19. The molecule has 0 bridgehead atoms. The molecule has 1 aromatic carbocycles. The zero-order chi connectivity index (χ0) is 11.7. The van der Waals surface area contributed by atoms with E-state index >= 15 is 0 Å². The van der Waals surface area contributed by atoms with E-state index in [9.17, 15) is 0 Å². The number of nitrogens with zero attached hydrogens (tertiary/aromatic N) is 1. The minimum absolute atomic E-state index is 0.593. The van der Waals surface area contributed by atoms with Crippen molar-refractivity contribution in [1.29, 1.82) is 0 Å². The molecule has 2 aromatic rings. The van der Waals surface area contributed by atoms with Crippen LogP contribution in [0.5, 0.6) is 0 Å². The average Bonchev–Trinajstić information content (AvgIpc) is 2.15. The zero-order valence-electron chi connectivity index (χ0n) is 7.85. The summed E-state index contributed by atoms with van der Waals surface area (Å²) in [6.07, 6.45) is 1.61. The first-order valence-electron chi connectivity index (χ1n) is 4.34. The molecule has 16 heavy (non-hydrogen) atoms. The molecule has 1 nitrogen and oxygen atoms in total. The highest BCUT2D eigenvalue weighted by atomic mass is 127. The molecule has 0 aliphatic heterocycles. The van der Waals surface area contributed by atoms with Crippen molar-refractivity contribution in [1.82, 2.24) is 4.98 Å². The lowest BCUT2D eigenvalue weighted by Crippen LogP contribution is -1.88. The minimum Gasteiger partial charge on any atom is -0.254 e. The number of rotatable bonds is 1. The van der Waals surface area contributed by atoms with Gasteiger partial charge in [0.1, 0.15) is 0 Å². The smallest absolute Gasteiger partial charge is 0.0837 e. The third kappa shape index (κ3) is 2.80. The van der Waals surface area contributed by atoms with E-state index in [0.29, 0.717) is 15.1 Å². The molecule has 82 valence electrons. The Labute approximate surface area is 122 Å². The van der Waals surface area contributed by atoms with Gasteiger partial charge in [0.05, 0.1) is 10.7 Å². The first kappa shape index (κ1) is 12.4. The van der Waals surface area contributed by atoms with Crippen LogP contribution in [0.4, 0.5) is 0 Å². The van der Waals surface area contributed by atoms with Crippen molar-refractivity contribution in [2.45, 2.75) is 0 Å². The highest BCUT2D eigenvalue weighted by Gasteiger charge is 2.07. The molecule has 0 N–H and O–H groups in total. The van der Waals surface area contributed by atoms with Crippen LogP contribution in [0.15, 0.2) is 30.5 Å². The number of aromatic nitrogens is 1. The summed E-state index contributed by atoms with van der Waals surface area (Å²) in [7, 11) is 0. The maximum Gasteiger partial charge on any atom is 0.0837 e. The van der Waals surface area contributed by atoms with Crippen LogP contribution in [0.3, 0.4) is 0 Å². The fraction of sp³-hybridized carbons (Fsp3) is 0. The summed E-state index contributed by atoms with van der Waals surface area (Å²) in [4.78, 5) is 4.27. The first-order valence-corrected chi connectivity index (χ1v) is 6.55. The monoisotopic (exact) mass is 383 g/mol. The van der Waals surface area contributed by atoms with Gasteiger partial charge in [0.25, 0.3) is 0 Å². The molecule has 1 heterocycles. The van der Waals surface area contributed by atoms with Gasteiger partial charge >= 0.3 is 0 Å². The maximum atomic E-state index is 5.94. The standard InChI is InChI=1S/C11H5Cl3IN/c12-7-1-6(2-8(13)3-7)11-10(15)4-9(14)5-16-11/h1-5H. The number of pyridine rings is 1. The van der Waals surface area contributed by atoms with E-state index in [0.717, 1.165) is 14.8 Å². The van der Waals surface area contributed by atoms with Crippen LogP contribution in [0, 0.1) is 3.57 Å². The van der Waals surface area contributed by atoms with Crippen LogP contribution < -0.4 is 0 Å². The summed E-state index contributed by atoms with van der Waals surface area (Å²) in [5.74, 6) is 0. The minimum atomic E-state index is 0.593. The fourth-order valence-corrected chi connectivity index (χ4v) is 2.97. The second-order valence-electron chi connectivity index (χ2n) is 3.14. The van der Waals surface area contributed by atoms with Gasteiger partial charge in [-0.2, -0.15) is 0 Å². The number of hydrogen-bond acceptors (Lipinski definition) is 1. The number of hydrogen-bond donors (Lipinski definition) is 0. The molecule has 0 aliphatic rings. The Kier molecular flexibility index (Phi) is 3.95. The SMILES string of the molecule is Clc1cc(Cl)cc(-c2ncc(Cl)cc2I)c1. The van der Waals surface area contributed by atoms with Gasteiger partial charge in [-0.3, -0.25) is 4.98 Å². The van der Waals surface area contributed by atoms with Gasteiger partial charge in [0.2, 0.25) is 0 Å². The molecule has 0 radical (unpaired) electrons. The van der Waals surface area contributed by atoms with Gasteiger partial charge in [-0.1, -0.05) is 34.8 Å². The lowest BCUT2D eigenvalue weighted by molar-refractivity contribution is 1.31. The molecule has 0 unspecified atom stereocenters. The Hall–Kier alpha value is -0.0300. The molecule has 0 fully saturated rings. The second kappa shape index (κ2) is 5.08. The molecule has 0 saturated carbocycles. The molecule has 2 rings (SSSR count). The third-order valence-corrected chi connectivity index (χ3v) is 3.41. The summed E-state index contributed by atoms with van der Waals surface area (Å²) in [6.45, 7) is 0. The van der Waals surface area contributed by atoms with Crippen molar-refractivity contribution in [2.24, 2.45) is 0 Å². The maximum absolute atomic E-state index is 5.94. The van der Waals surface area contributed by atoms with Crippen molar-refractivity contribution in [2.75, 3.05) is 0 Å². The van der Waals surface area contributed by atoms with Crippen molar-refractivity contribution in [3.63, 3.8) is 0 Å². The van der Waals surface area contributed by atoms with Crippen LogP contribution in [-0.2, 0) is 0 Å². The van der Waals surface area contributed by atoms with Gasteiger partial charge in [0, 0.05) is 25.4 Å². The fourth-order valence-electron chi connectivity index (χ4n) is 1.32. The Bertz CT molecular complexity index is 522. The topological polar surface area (TPSA) is 12.9 Å². The Morgan fingerprint density at radius 2 is 1.50 bits per heavy atom. The highest BCUT2D eigenvalue weighted by molar-refractivity contribution is 14.1. The van der Waals surface area contributed by atoms with E-state index in [1.54, 1.807) is 12.3 Å². The van der Waals surface area contributed by atoms with Crippen LogP contribution in [0.25, 0.3) is 11.3 Å². The quantitative estimate of drug-likeness (QED) is 0.607. The van der Waals surface area contributed by atoms with Gasteiger partial charge in [-0.15, -0.1) is 0 Å².